The number of methoxy groups -OCH3 is 2. The molecule has 3 aromatic heterocycles. The van der Waals surface area contributed by atoms with Gasteiger partial charge in [0.15, 0.2) is 23.1 Å². The van der Waals surface area contributed by atoms with Gasteiger partial charge < -0.3 is 28.4 Å². The van der Waals surface area contributed by atoms with Crippen molar-refractivity contribution in [2.45, 2.75) is 71.8 Å². The summed E-state index contributed by atoms with van der Waals surface area (Å²) in [6.07, 6.45) is 6.98. The van der Waals surface area contributed by atoms with E-state index in [0.717, 1.165) is 22.6 Å². The van der Waals surface area contributed by atoms with Crippen molar-refractivity contribution < 1.29 is 32.5 Å². The van der Waals surface area contributed by atoms with Gasteiger partial charge >= 0.3 is 6.09 Å². The number of pyridine rings is 1. The normalized spacial score (nSPS) is 14.0. The number of halogens is 2. The van der Waals surface area contributed by atoms with Crippen LogP contribution in [0, 0.1) is 17.6 Å². The number of nitrogens with zero attached hydrogens (tertiary/aromatic N) is 5. The van der Waals surface area contributed by atoms with Gasteiger partial charge in [0, 0.05) is 93.4 Å². The monoisotopic (exact) mass is 669 g/mol. The lowest BCUT2D eigenvalue weighted by atomic mass is 10.0. The molecule has 13 heteroatoms. The van der Waals surface area contributed by atoms with Gasteiger partial charge in [0.25, 0.3) is 0 Å². The lowest BCUT2D eigenvalue weighted by Crippen LogP contribution is -2.52. The molecule has 1 aliphatic heterocycles. The lowest BCUT2D eigenvalue weighted by molar-refractivity contribution is -0.00384. The van der Waals surface area contributed by atoms with Crippen LogP contribution in [0.3, 0.4) is 0 Å². The van der Waals surface area contributed by atoms with Crippen molar-refractivity contribution in [2.75, 3.05) is 33.9 Å². The van der Waals surface area contributed by atoms with E-state index in [1.807, 2.05) is 48.5 Å². The van der Waals surface area contributed by atoms with E-state index >= 15 is 8.78 Å². The van der Waals surface area contributed by atoms with Crippen LogP contribution < -0.4 is 9.47 Å². The molecule has 254 valence electrons. The van der Waals surface area contributed by atoms with Gasteiger partial charge in [-0.1, -0.05) is 19.6 Å². The van der Waals surface area contributed by atoms with Crippen molar-refractivity contribution in [3.8, 4) is 22.6 Å². The fraction of sp³-hybridized carbons (Fsp3) is 0.500. The summed E-state index contributed by atoms with van der Waals surface area (Å²) in [5, 5.41) is 5.30. The fourth-order valence-corrected chi connectivity index (χ4v) is 6.26. The van der Waals surface area contributed by atoms with E-state index in [4.69, 9.17) is 23.9 Å². The standard InChI is InChI=1S/C34H45F2N5O5Si/c1-34(2,3)46-33(42)39-16-22(17-39)18-41-20-25(15-38-41)23-11-26-24(12-27-30(35)28(43-4)13-29(44-5)31(27)36)19-40(32(26)37-14-23)21-45-9-10-47(6,7)8/h11,13-15,19-20,22H,9-10,12,16-18,21H2,1-8H3. The summed E-state index contributed by atoms with van der Waals surface area (Å²) in [6, 6.07) is 4.19. The Morgan fingerprint density at radius 3 is 2.30 bits per heavy atom. The first-order valence-electron chi connectivity index (χ1n) is 15.8. The van der Waals surface area contributed by atoms with E-state index < -0.39 is 25.3 Å². The van der Waals surface area contributed by atoms with Gasteiger partial charge in [-0.05, 0) is 38.4 Å². The molecule has 4 aromatic rings. The van der Waals surface area contributed by atoms with Crippen LogP contribution in [0.5, 0.6) is 11.5 Å². The maximum Gasteiger partial charge on any atom is 0.410 e. The molecule has 0 radical (unpaired) electrons. The Labute approximate surface area is 275 Å². The fourth-order valence-electron chi connectivity index (χ4n) is 5.50. The third kappa shape index (κ3) is 8.13. The van der Waals surface area contributed by atoms with E-state index in [-0.39, 0.29) is 42.2 Å². The van der Waals surface area contributed by atoms with Crippen LogP contribution in [0.2, 0.25) is 25.7 Å². The summed E-state index contributed by atoms with van der Waals surface area (Å²) >= 11 is 0. The number of hydrogen-bond donors (Lipinski definition) is 0. The highest BCUT2D eigenvalue weighted by Crippen LogP contribution is 2.35. The Morgan fingerprint density at radius 2 is 1.68 bits per heavy atom. The summed E-state index contributed by atoms with van der Waals surface area (Å²) in [6.45, 7) is 15.2. The zero-order valence-electron chi connectivity index (χ0n) is 28.5. The second kappa shape index (κ2) is 13.6. The maximum atomic E-state index is 15.4. The zero-order chi connectivity index (χ0) is 34.1. The third-order valence-electron chi connectivity index (χ3n) is 8.08. The SMILES string of the molecule is COc1cc(OC)c(F)c(Cc2cn(COCC[Si](C)(C)C)c3ncc(-c4cnn(CC5CN(C(=O)OC(C)(C)C)C5)c4)cc23)c1F. The van der Waals surface area contributed by atoms with Gasteiger partial charge in [0.1, 0.15) is 18.0 Å². The number of carbonyl (C=O) groups excluding carboxylic acids is 1. The zero-order valence-corrected chi connectivity index (χ0v) is 29.5. The molecule has 0 spiro atoms. The van der Waals surface area contributed by atoms with Gasteiger partial charge in [-0.2, -0.15) is 5.10 Å². The molecule has 5 rings (SSSR count). The van der Waals surface area contributed by atoms with Crippen LogP contribution >= 0.6 is 0 Å². The van der Waals surface area contributed by atoms with E-state index in [9.17, 15) is 4.79 Å². The molecule has 47 heavy (non-hydrogen) atoms. The van der Waals surface area contributed by atoms with Crippen molar-refractivity contribution in [3.63, 3.8) is 0 Å². The Hall–Kier alpha value is -3.97. The second-order valence-electron chi connectivity index (χ2n) is 14.3. The summed E-state index contributed by atoms with van der Waals surface area (Å²) in [5.41, 5.74) is 2.32. The number of benzene rings is 1. The van der Waals surface area contributed by atoms with Gasteiger partial charge in [0.2, 0.25) is 0 Å². The van der Waals surface area contributed by atoms with Crippen LogP contribution in [0.1, 0.15) is 31.9 Å². The van der Waals surface area contributed by atoms with E-state index in [1.165, 1.54) is 20.3 Å². The molecule has 0 aliphatic carbocycles. The van der Waals surface area contributed by atoms with Crippen LogP contribution in [0.25, 0.3) is 22.2 Å². The van der Waals surface area contributed by atoms with E-state index in [0.29, 0.717) is 37.5 Å². The summed E-state index contributed by atoms with van der Waals surface area (Å²) in [4.78, 5) is 18.8. The molecule has 1 amide bonds. The van der Waals surface area contributed by atoms with E-state index in [1.54, 1.807) is 17.3 Å². The molecule has 1 aromatic carbocycles. The van der Waals surface area contributed by atoms with Crippen molar-refractivity contribution in [3.05, 3.63) is 59.7 Å². The van der Waals surface area contributed by atoms with E-state index in [2.05, 4.69) is 24.7 Å². The number of ether oxygens (including phenoxy) is 4. The average Bonchev–Trinajstić information content (AvgIpc) is 3.58. The summed E-state index contributed by atoms with van der Waals surface area (Å²) in [7, 11) is 1.39. The molecular weight excluding hydrogens is 624 g/mol. The number of carbonyl (C=O) groups is 1. The highest BCUT2D eigenvalue weighted by atomic mass is 28.3. The van der Waals surface area contributed by atoms with Crippen LogP contribution in [-0.4, -0.2) is 77.9 Å². The predicted octanol–water partition coefficient (Wildman–Crippen LogP) is 6.97. The van der Waals surface area contributed by atoms with Crippen molar-refractivity contribution in [2.24, 2.45) is 5.92 Å². The number of amides is 1. The topological polar surface area (TPSA) is 92.9 Å². The Bertz CT molecular complexity index is 1710. The largest absolute Gasteiger partial charge is 0.494 e. The molecule has 0 bridgehead atoms. The van der Waals surface area contributed by atoms with Crippen LogP contribution in [-0.2, 0) is 29.2 Å². The van der Waals surface area contributed by atoms with Gasteiger partial charge in [0.05, 0.1) is 20.4 Å². The Morgan fingerprint density at radius 1 is 1.00 bits per heavy atom. The van der Waals surface area contributed by atoms with Crippen molar-refractivity contribution in [1.82, 2.24) is 24.2 Å². The molecule has 1 fully saturated rings. The summed E-state index contributed by atoms with van der Waals surface area (Å²) in [5.74, 6) is -1.47. The van der Waals surface area contributed by atoms with Gasteiger partial charge in [-0.25, -0.2) is 18.6 Å². The number of rotatable bonds is 12. The minimum absolute atomic E-state index is 0.0517. The number of aromatic nitrogens is 4. The highest BCUT2D eigenvalue weighted by molar-refractivity contribution is 6.76. The summed E-state index contributed by atoms with van der Waals surface area (Å²) < 4.78 is 56.4. The maximum absolute atomic E-state index is 15.4. The molecule has 0 saturated carbocycles. The molecule has 0 atom stereocenters. The molecular formula is C34H45F2N5O5Si. The molecule has 10 nitrogen and oxygen atoms in total. The molecule has 0 N–H and O–H groups in total. The quantitative estimate of drug-likeness (QED) is 0.119. The van der Waals surface area contributed by atoms with Gasteiger partial charge in [-0.15, -0.1) is 0 Å². The Kier molecular flexibility index (Phi) is 9.97. The third-order valence-corrected chi connectivity index (χ3v) is 9.78. The first kappa shape index (κ1) is 34.4. The minimum Gasteiger partial charge on any atom is -0.494 e. The second-order valence-corrected chi connectivity index (χ2v) is 20.0. The van der Waals surface area contributed by atoms with Crippen LogP contribution in [0.15, 0.2) is 36.9 Å². The average molecular weight is 670 g/mol. The lowest BCUT2D eigenvalue weighted by Gasteiger charge is -2.39. The smallest absolute Gasteiger partial charge is 0.410 e. The van der Waals surface area contributed by atoms with Crippen molar-refractivity contribution in [1.29, 1.82) is 0 Å². The first-order valence-corrected chi connectivity index (χ1v) is 19.5. The van der Waals surface area contributed by atoms with Crippen molar-refractivity contribution >= 4 is 25.2 Å². The number of fused-ring (bicyclic) bond motifs is 1. The highest BCUT2D eigenvalue weighted by Gasteiger charge is 2.34. The molecule has 1 saturated heterocycles. The molecule has 4 heterocycles. The molecule has 1 aliphatic rings. The first-order chi connectivity index (χ1) is 22.2. The number of hydrogen-bond acceptors (Lipinski definition) is 7. The Balaban J connectivity index is 1.40. The predicted molar refractivity (Wildman–Crippen MR) is 179 cm³/mol. The van der Waals surface area contributed by atoms with Crippen LogP contribution in [0.4, 0.5) is 13.6 Å². The minimum atomic E-state index is -1.28. The number of likely N-dealkylation sites (tertiary alicyclic amines) is 1. The van der Waals surface area contributed by atoms with Gasteiger partial charge in [-0.3, -0.25) is 4.68 Å². The molecule has 0 unspecified atom stereocenters.